The molecule has 12 rings (SSSR count). The van der Waals surface area contributed by atoms with Crippen LogP contribution in [0.3, 0.4) is 0 Å². The van der Waals surface area contributed by atoms with Gasteiger partial charge in [-0.25, -0.2) is 19.9 Å². The van der Waals surface area contributed by atoms with Crippen LogP contribution in [0.15, 0.2) is 201 Å². The summed E-state index contributed by atoms with van der Waals surface area (Å²) in [6.45, 7) is 8.41. The van der Waals surface area contributed by atoms with Crippen LogP contribution in [0.2, 0.25) is 0 Å². The zero-order chi connectivity index (χ0) is 48.7. The summed E-state index contributed by atoms with van der Waals surface area (Å²) in [5, 5.41) is 5.97. The normalized spacial score (nSPS) is 11.6. The minimum Gasteiger partial charge on any atom is -0.427 e. The number of rotatable bonds is 16. The summed E-state index contributed by atoms with van der Waals surface area (Å²) < 4.78 is 25.9. The average Bonchev–Trinajstić information content (AvgIpc) is 4.30. The molecule has 0 radical (unpaired) electrons. The molecule has 0 bridgehead atoms. The third kappa shape index (κ3) is 7.29. The number of para-hydroxylation sites is 4. The van der Waals surface area contributed by atoms with Crippen molar-refractivity contribution in [2.75, 3.05) is 19.6 Å². The molecule has 0 spiro atoms. The predicted octanol–water partition coefficient (Wildman–Crippen LogP) is 16.7. The number of aryl methyl sites for hydroxylation is 4. The summed E-state index contributed by atoms with van der Waals surface area (Å²) in [4.78, 5) is 27.8. The number of aromatic nitrogens is 4. The van der Waals surface area contributed by atoms with E-state index in [1.165, 1.54) is 25.6 Å². The van der Waals surface area contributed by atoms with Crippen LogP contribution in [0, 0.1) is 0 Å². The lowest BCUT2D eigenvalue weighted by Gasteiger charge is -2.32. The second kappa shape index (κ2) is 18.6. The summed E-state index contributed by atoms with van der Waals surface area (Å²) in [7, 11) is 0. The number of nitrogens with zero attached hydrogens (tertiary/aromatic N) is 8. The first kappa shape index (κ1) is 44.1. The average molecular weight is 947 g/mol. The third-order valence-electron chi connectivity index (χ3n) is 13.5. The molecule has 12 heteroatoms. The molecule has 8 aromatic carbocycles. The van der Waals surface area contributed by atoms with Gasteiger partial charge >= 0.3 is 0 Å². The first-order valence-electron chi connectivity index (χ1n) is 24.5. The maximum absolute atomic E-state index is 6.46. The van der Waals surface area contributed by atoms with Crippen molar-refractivity contribution in [2.45, 2.75) is 53.4 Å². The van der Waals surface area contributed by atoms with Crippen molar-refractivity contribution in [3.05, 3.63) is 206 Å². The highest BCUT2D eigenvalue weighted by Gasteiger charge is 2.33. The molecule has 0 amide bonds. The van der Waals surface area contributed by atoms with E-state index in [4.69, 9.17) is 37.6 Å². The van der Waals surface area contributed by atoms with Gasteiger partial charge in [0, 0.05) is 55.1 Å². The first-order chi connectivity index (χ1) is 35.6. The van der Waals surface area contributed by atoms with Crippen LogP contribution in [0.1, 0.15) is 50.5 Å². The zero-order valence-corrected chi connectivity index (χ0v) is 40.4. The smallest absolute Gasteiger partial charge is 0.228 e. The van der Waals surface area contributed by atoms with E-state index in [2.05, 4.69) is 181 Å². The SMILES string of the molecule is CCc1ncoc1N(c1ccccc1)c1cc(N(c2ccccc2)c2ocnc2CC)c2ccc3c(N(c4ccccc4)c4ocnc4CC)cc(N(c4ccccc4)c4ocnc4CC)c4ccc1c2c43. The molecule has 0 N–H and O–H groups in total. The van der Waals surface area contributed by atoms with E-state index in [9.17, 15) is 0 Å². The number of oxazole rings is 4. The van der Waals surface area contributed by atoms with Crippen molar-refractivity contribution in [2.24, 2.45) is 0 Å². The molecule has 0 saturated carbocycles. The van der Waals surface area contributed by atoms with Crippen molar-refractivity contribution in [1.82, 2.24) is 19.9 Å². The van der Waals surface area contributed by atoms with E-state index in [-0.39, 0.29) is 0 Å². The second-order valence-electron chi connectivity index (χ2n) is 17.4. The van der Waals surface area contributed by atoms with Gasteiger partial charge in [0.15, 0.2) is 25.6 Å². The Morgan fingerprint density at radius 1 is 0.306 bits per heavy atom. The lowest BCUT2D eigenvalue weighted by atomic mass is 9.89. The fourth-order valence-corrected chi connectivity index (χ4v) is 10.2. The van der Waals surface area contributed by atoms with Crippen molar-refractivity contribution in [3.8, 4) is 0 Å². The molecule has 4 heterocycles. The zero-order valence-electron chi connectivity index (χ0n) is 40.4. The topological polar surface area (TPSA) is 117 Å². The number of hydrogen-bond acceptors (Lipinski definition) is 12. The number of anilines is 12. The van der Waals surface area contributed by atoms with Gasteiger partial charge in [-0.05, 0) is 86.3 Å². The lowest BCUT2D eigenvalue weighted by Crippen LogP contribution is -2.17. The van der Waals surface area contributed by atoms with Gasteiger partial charge in [0.05, 0.1) is 22.7 Å². The largest absolute Gasteiger partial charge is 0.427 e. The van der Waals surface area contributed by atoms with Gasteiger partial charge in [-0.1, -0.05) is 125 Å². The number of benzene rings is 8. The lowest BCUT2D eigenvalue weighted by molar-refractivity contribution is 0.562. The van der Waals surface area contributed by atoms with Gasteiger partial charge in [0.25, 0.3) is 0 Å². The molecule has 0 aliphatic heterocycles. The molecule has 354 valence electrons. The summed E-state index contributed by atoms with van der Waals surface area (Å²) >= 11 is 0. The van der Waals surface area contributed by atoms with Gasteiger partial charge in [0.2, 0.25) is 23.5 Å². The van der Waals surface area contributed by atoms with Crippen molar-refractivity contribution in [3.63, 3.8) is 0 Å². The molecule has 12 nitrogen and oxygen atoms in total. The molecule has 4 aromatic heterocycles. The summed E-state index contributed by atoms with van der Waals surface area (Å²) in [5.41, 5.74) is 10.5. The summed E-state index contributed by atoms with van der Waals surface area (Å²) in [6, 6.07) is 54.9. The molecule has 0 fully saturated rings. The van der Waals surface area contributed by atoms with E-state index >= 15 is 0 Å². The fraction of sp³-hybridized carbons (Fsp3) is 0.133. The molecule has 0 saturated heterocycles. The molecular weight excluding hydrogens is 897 g/mol. The predicted molar refractivity (Wildman–Crippen MR) is 287 cm³/mol. The Morgan fingerprint density at radius 2 is 0.528 bits per heavy atom. The van der Waals surface area contributed by atoms with E-state index in [0.29, 0.717) is 49.2 Å². The van der Waals surface area contributed by atoms with E-state index in [1.807, 2.05) is 24.3 Å². The fourth-order valence-electron chi connectivity index (χ4n) is 10.2. The van der Waals surface area contributed by atoms with Crippen LogP contribution < -0.4 is 19.6 Å². The molecule has 72 heavy (non-hydrogen) atoms. The Morgan fingerprint density at radius 3 is 0.736 bits per heavy atom. The Hall–Kier alpha value is -9.16. The molecule has 0 aliphatic rings. The van der Waals surface area contributed by atoms with E-state index < -0.39 is 0 Å². The van der Waals surface area contributed by atoms with E-state index in [0.717, 1.165) is 101 Å². The molecule has 0 aliphatic carbocycles. The summed E-state index contributed by atoms with van der Waals surface area (Å²) in [6.07, 6.45) is 8.77. The maximum atomic E-state index is 6.46. The van der Waals surface area contributed by atoms with Gasteiger partial charge < -0.3 is 17.7 Å². The summed E-state index contributed by atoms with van der Waals surface area (Å²) in [5.74, 6) is 2.52. The van der Waals surface area contributed by atoms with Gasteiger partial charge in [0.1, 0.15) is 22.8 Å². The van der Waals surface area contributed by atoms with Crippen LogP contribution in [-0.4, -0.2) is 19.9 Å². The van der Waals surface area contributed by atoms with Crippen LogP contribution in [0.5, 0.6) is 0 Å². The Kier molecular flexibility index (Phi) is 11.4. The highest BCUT2D eigenvalue weighted by Crippen LogP contribution is 2.55. The minimum atomic E-state index is 0.631. The highest BCUT2D eigenvalue weighted by atomic mass is 16.4. The van der Waals surface area contributed by atoms with Gasteiger partial charge in [-0.3, -0.25) is 19.6 Å². The van der Waals surface area contributed by atoms with E-state index in [1.54, 1.807) is 0 Å². The molecule has 0 unspecified atom stereocenters. The van der Waals surface area contributed by atoms with Gasteiger partial charge in [-0.15, -0.1) is 0 Å². The first-order valence-corrected chi connectivity index (χ1v) is 24.5. The molecule has 0 atom stereocenters. The van der Waals surface area contributed by atoms with Crippen LogP contribution >= 0.6 is 0 Å². The van der Waals surface area contributed by atoms with Crippen molar-refractivity contribution < 1.29 is 17.7 Å². The molecular formula is C60H50N8O4. The standard InChI is InChI=1S/C60H50N8O4/c1-5-47-57(69-35-61-47)65(39-21-13-9-14-22-39)51-33-52(66(40-23-15-10-16-24-40)58-48(6-2)62-36-70-58)44-31-32-46-54(68(42-27-19-12-20-28-42)60-50(8-4)64-38-72-60)34-53(45-30-29-43(51)55(44)56(45)46)67(41-25-17-11-18-26-41)59-49(7-3)63-37-71-59/h9-38H,5-8H2,1-4H3. The maximum Gasteiger partial charge on any atom is 0.228 e. The molecule has 12 aromatic rings. The minimum absolute atomic E-state index is 0.631. The highest BCUT2D eigenvalue weighted by molar-refractivity contribution is 6.33. The Bertz CT molecular complexity index is 3300. The number of hydrogen-bond donors (Lipinski definition) is 0. The van der Waals surface area contributed by atoms with Crippen LogP contribution in [0.25, 0.3) is 32.3 Å². The van der Waals surface area contributed by atoms with Crippen LogP contribution in [-0.2, 0) is 25.7 Å². The van der Waals surface area contributed by atoms with Crippen LogP contribution in [0.4, 0.5) is 69.0 Å². The monoisotopic (exact) mass is 946 g/mol. The third-order valence-corrected chi connectivity index (χ3v) is 13.5. The van der Waals surface area contributed by atoms with Gasteiger partial charge in [-0.2, -0.15) is 0 Å². The Balaban J connectivity index is 1.30. The second-order valence-corrected chi connectivity index (χ2v) is 17.4. The van der Waals surface area contributed by atoms with Crippen molar-refractivity contribution >= 4 is 101 Å². The van der Waals surface area contributed by atoms with Crippen molar-refractivity contribution in [1.29, 1.82) is 0 Å². The Labute approximate surface area is 416 Å². The quantitative estimate of drug-likeness (QED) is 0.0858.